The summed E-state index contributed by atoms with van der Waals surface area (Å²) in [6.07, 6.45) is 1.36. The lowest BCUT2D eigenvalue weighted by molar-refractivity contribution is 0.0947. The van der Waals surface area contributed by atoms with Crippen molar-refractivity contribution >= 4 is 23.3 Å². The minimum absolute atomic E-state index is 0.115. The Morgan fingerprint density at radius 1 is 1.46 bits per heavy atom. The van der Waals surface area contributed by atoms with Crippen molar-refractivity contribution in [3.8, 4) is 0 Å². The zero-order valence-electron chi connectivity index (χ0n) is 15.3. The Labute approximate surface area is 161 Å². The molecule has 8 nitrogen and oxygen atoms in total. The number of nitrogens with zero attached hydrogens (tertiary/aromatic N) is 4. The molecule has 3 amide bonds. The van der Waals surface area contributed by atoms with Gasteiger partial charge in [-0.1, -0.05) is 0 Å². The summed E-state index contributed by atoms with van der Waals surface area (Å²) in [4.78, 5) is 30.0. The topological polar surface area (TPSA) is 83.6 Å². The summed E-state index contributed by atoms with van der Waals surface area (Å²) in [5.74, 6) is -0.793. The van der Waals surface area contributed by atoms with Crippen LogP contribution in [0.4, 0.5) is 20.6 Å². The number of carbonyl (C=O) groups is 2. The van der Waals surface area contributed by atoms with Crippen molar-refractivity contribution < 1.29 is 14.0 Å². The molecule has 0 spiro atoms. The minimum Gasteiger partial charge on any atom is -0.351 e. The van der Waals surface area contributed by atoms with Crippen LogP contribution < -0.4 is 10.6 Å². The first kappa shape index (κ1) is 18.0. The Bertz CT molecular complexity index is 1010. The van der Waals surface area contributed by atoms with Crippen molar-refractivity contribution in [2.24, 2.45) is 0 Å². The lowest BCUT2D eigenvalue weighted by Gasteiger charge is -2.33. The summed E-state index contributed by atoms with van der Waals surface area (Å²) in [7, 11) is 0. The molecule has 0 fully saturated rings. The number of benzene rings is 1. The van der Waals surface area contributed by atoms with Crippen LogP contribution in [0.15, 0.2) is 18.2 Å². The van der Waals surface area contributed by atoms with Gasteiger partial charge in [-0.2, -0.15) is 5.10 Å². The van der Waals surface area contributed by atoms with Crippen LogP contribution in [0.25, 0.3) is 4.85 Å². The van der Waals surface area contributed by atoms with E-state index in [0.29, 0.717) is 30.9 Å². The van der Waals surface area contributed by atoms with E-state index in [4.69, 9.17) is 6.57 Å². The van der Waals surface area contributed by atoms with Crippen LogP contribution in [0.1, 0.15) is 35.1 Å². The minimum atomic E-state index is -0.627. The van der Waals surface area contributed by atoms with Gasteiger partial charge in [0.2, 0.25) is 5.69 Å². The van der Waals surface area contributed by atoms with E-state index in [1.165, 1.54) is 12.1 Å². The SMILES string of the molecule is [C-]#[N+]c1cc(NC(=O)N2Cc3c(nn4c3C(=O)NCCC4)C[C@H]2C)ccc1F. The van der Waals surface area contributed by atoms with Gasteiger partial charge in [-0.3, -0.25) is 9.48 Å². The summed E-state index contributed by atoms with van der Waals surface area (Å²) in [6, 6.07) is 3.40. The van der Waals surface area contributed by atoms with Crippen LogP contribution in [-0.2, 0) is 19.5 Å². The highest BCUT2D eigenvalue weighted by atomic mass is 19.1. The van der Waals surface area contributed by atoms with Gasteiger partial charge in [-0.05, 0) is 31.5 Å². The van der Waals surface area contributed by atoms with Gasteiger partial charge in [0.25, 0.3) is 5.91 Å². The van der Waals surface area contributed by atoms with Gasteiger partial charge >= 0.3 is 6.03 Å². The molecule has 1 atom stereocenters. The number of hydrogen-bond donors (Lipinski definition) is 2. The van der Waals surface area contributed by atoms with Crippen LogP contribution in [0.3, 0.4) is 0 Å². The molecule has 0 aliphatic carbocycles. The first-order valence-corrected chi connectivity index (χ1v) is 9.09. The van der Waals surface area contributed by atoms with E-state index >= 15 is 0 Å². The largest absolute Gasteiger partial charge is 0.351 e. The molecule has 0 unspecified atom stereocenters. The number of nitrogens with one attached hydrogen (secondary N) is 2. The van der Waals surface area contributed by atoms with Crippen molar-refractivity contribution in [2.75, 3.05) is 11.9 Å². The predicted octanol–water partition coefficient (Wildman–Crippen LogP) is 2.69. The lowest BCUT2D eigenvalue weighted by atomic mass is 9.99. The molecule has 3 heterocycles. The highest BCUT2D eigenvalue weighted by molar-refractivity contribution is 5.95. The standard InChI is InChI=1S/C19H19FN6O2/c1-11-8-15-13(17-18(27)22-6-3-7-26(17)24-15)10-25(11)19(28)23-12-4-5-14(20)16(9-12)21-2/h4-5,9,11H,3,6-8,10H2,1H3,(H,22,27)(H,23,28)/t11-/m1/s1. The van der Waals surface area contributed by atoms with Gasteiger partial charge in [-0.25, -0.2) is 14.0 Å². The van der Waals surface area contributed by atoms with E-state index < -0.39 is 5.82 Å². The third-order valence-corrected chi connectivity index (χ3v) is 5.11. The van der Waals surface area contributed by atoms with E-state index in [9.17, 15) is 14.0 Å². The number of urea groups is 1. The maximum absolute atomic E-state index is 13.5. The number of halogens is 1. The third-order valence-electron chi connectivity index (χ3n) is 5.11. The van der Waals surface area contributed by atoms with Crippen molar-refractivity contribution in [2.45, 2.75) is 38.9 Å². The van der Waals surface area contributed by atoms with Crippen LogP contribution >= 0.6 is 0 Å². The normalized spacial score (nSPS) is 18.4. The Hall–Kier alpha value is -3.41. The zero-order chi connectivity index (χ0) is 19.8. The average Bonchev–Trinajstić information content (AvgIpc) is 2.92. The second-order valence-corrected chi connectivity index (χ2v) is 7.00. The van der Waals surface area contributed by atoms with E-state index in [1.54, 1.807) is 9.58 Å². The van der Waals surface area contributed by atoms with Crippen LogP contribution in [0.2, 0.25) is 0 Å². The highest BCUT2D eigenvalue weighted by Gasteiger charge is 2.34. The van der Waals surface area contributed by atoms with Gasteiger partial charge < -0.3 is 15.5 Å². The van der Waals surface area contributed by atoms with Crippen molar-refractivity contribution in [3.63, 3.8) is 0 Å². The van der Waals surface area contributed by atoms with E-state index in [1.807, 2.05) is 6.92 Å². The van der Waals surface area contributed by atoms with E-state index in [0.717, 1.165) is 23.7 Å². The molecular weight excluding hydrogens is 363 g/mol. The highest BCUT2D eigenvalue weighted by Crippen LogP contribution is 2.28. The van der Waals surface area contributed by atoms with Crippen LogP contribution in [-0.4, -0.2) is 39.2 Å². The molecule has 2 N–H and O–H groups in total. The first-order chi connectivity index (χ1) is 13.5. The van der Waals surface area contributed by atoms with Crippen molar-refractivity contribution in [1.29, 1.82) is 0 Å². The lowest BCUT2D eigenvalue weighted by Crippen LogP contribution is -2.45. The van der Waals surface area contributed by atoms with Gasteiger partial charge in [0.05, 0.1) is 18.8 Å². The maximum Gasteiger partial charge on any atom is 0.322 e. The van der Waals surface area contributed by atoms with E-state index in [2.05, 4.69) is 20.6 Å². The molecule has 9 heteroatoms. The molecule has 2 aromatic rings. The maximum atomic E-state index is 13.5. The third kappa shape index (κ3) is 3.07. The molecule has 1 aromatic heterocycles. The second-order valence-electron chi connectivity index (χ2n) is 7.00. The van der Waals surface area contributed by atoms with Crippen molar-refractivity contribution in [1.82, 2.24) is 20.0 Å². The fourth-order valence-corrected chi connectivity index (χ4v) is 3.67. The summed E-state index contributed by atoms with van der Waals surface area (Å²) in [5.41, 5.74) is 2.34. The molecule has 2 aliphatic heterocycles. The average molecular weight is 382 g/mol. The van der Waals surface area contributed by atoms with Gasteiger partial charge in [0.1, 0.15) is 11.5 Å². The fourth-order valence-electron chi connectivity index (χ4n) is 3.67. The number of rotatable bonds is 1. The number of carbonyl (C=O) groups excluding carboxylic acids is 2. The van der Waals surface area contributed by atoms with Crippen LogP contribution in [0, 0.1) is 12.4 Å². The number of fused-ring (bicyclic) bond motifs is 3. The Balaban J connectivity index is 1.59. The Morgan fingerprint density at radius 3 is 3.07 bits per heavy atom. The fraction of sp³-hybridized carbons (Fsp3) is 0.368. The summed E-state index contributed by atoms with van der Waals surface area (Å²) in [6.45, 7) is 10.4. The summed E-state index contributed by atoms with van der Waals surface area (Å²) in [5, 5.41) is 10.2. The van der Waals surface area contributed by atoms with Crippen LogP contribution in [0.5, 0.6) is 0 Å². The first-order valence-electron chi connectivity index (χ1n) is 9.09. The quantitative estimate of drug-likeness (QED) is 0.744. The molecule has 1 aromatic carbocycles. The Kier molecular flexibility index (Phi) is 4.47. The van der Waals surface area contributed by atoms with Gasteiger partial charge in [-0.15, -0.1) is 0 Å². The molecule has 28 heavy (non-hydrogen) atoms. The zero-order valence-corrected chi connectivity index (χ0v) is 15.3. The molecule has 0 bridgehead atoms. The number of anilines is 1. The molecule has 2 aliphatic rings. The summed E-state index contributed by atoms with van der Waals surface area (Å²) >= 11 is 0. The molecular formula is C19H19FN6O2. The van der Waals surface area contributed by atoms with Gasteiger partial charge in [0.15, 0.2) is 0 Å². The van der Waals surface area contributed by atoms with E-state index in [-0.39, 0.29) is 30.2 Å². The molecule has 4 rings (SSSR count). The number of hydrogen-bond acceptors (Lipinski definition) is 3. The second kappa shape index (κ2) is 6.96. The number of aromatic nitrogens is 2. The monoisotopic (exact) mass is 382 g/mol. The number of amides is 3. The number of aryl methyl sites for hydroxylation is 1. The van der Waals surface area contributed by atoms with Crippen molar-refractivity contribution in [3.05, 3.63) is 52.4 Å². The smallest absolute Gasteiger partial charge is 0.322 e. The predicted molar refractivity (Wildman–Crippen MR) is 99.6 cm³/mol. The molecule has 0 saturated heterocycles. The molecule has 144 valence electrons. The van der Waals surface area contributed by atoms with Gasteiger partial charge in [0, 0.05) is 36.8 Å². The molecule has 0 radical (unpaired) electrons. The summed E-state index contributed by atoms with van der Waals surface area (Å²) < 4.78 is 15.2. The Morgan fingerprint density at radius 2 is 2.29 bits per heavy atom. The molecule has 0 saturated carbocycles.